The van der Waals surface area contributed by atoms with Crippen molar-refractivity contribution in [3.63, 3.8) is 0 Å². The summed E-state index contributed by atoms with van der Waals surface area (Å²) in [5.74, 6) is 1.14. The van der Waals surface area contributed by atoms with E-state index in [2.05, 4.69) is 47.8 Å². The van der Waals surface area contributed by atoms with Crippen molar-refractivity contribution in [1.82, 2.24) is 14.8 Å². The third-order valence-electron chi connectivity index (χ3n) is 5.14. The largest absolute Gasteiger partial charge is 0.342 e. The van der Waals surface area contributed by atoms with Gasteiger partial charge in [-0.1, -0.05) is 0 Å². The Labute approximate surface area is 139 Å². The second-order valence-electron chi connectivity index (χ2n) is 7.46. The van der Waals surface area contributed by atoms with Gasteiger partial charge >= 0.3 is 0 Å². The van der Waals surface area contributed by atoms with Crippen LogP contribution >= 0.6 is 0 Å². The second-order valence-corrected chi connectivity index (χ2v) is 7.46. The quantitative estimate of drug-likeness (QED) is 0.838. The summed E-state index contributed by atoms with van der Waals surface area (Å²) in [6.45, 7) is 6.96. The Bertz CT molecular complexity index is 547. The highest BCUT2D eigenvalue weighted by molar-refractivity contribution is 5.76. The lowest BCUT2D eigenvalue weighted by Crippen LogP contribution is -2.34. The summed E-state index contributed by atoms with van der Waals surface area (Å²) in [5.41, 5.74) is 3.49. The van der Waals surface area contributed by atoms with Crippen molar-refractivity contribution in [2.45, 2.75) is 58.5 Å². The molecule has 1 atom stereocenters. The summed E-state index contributed by atoms with van der Waals surface area (Å²) >= 11 is 0. The minimum atomic E-state index is 0.359. The summed E-state index contributed by atoms with van der Waals surface area (Å²) < 4.78 is 0. The van der Waals surface area contributed by atoms with Crippen molar-refractivity contribution in [2.75, 3.05) is 20.1 Å². The van der Waals surface area contributed by atoms with Crippen LogP contribution in [0.1, 0.15) is 49.1 Å². The number of likely N-dealkylation sites (tertiary alicyclic amines) is 1. The van der Waals surface area contributed by atoms with Gasteiger partial charge in [0, 0.05) is 37.8 Å². The summed E-state index contributed by atoms with van der Waals surface area (Å²) in [4.78, 5) is 21.4. The van der Waals surface area contributed by atoms with Crippen molar-refractivity contribution in [3.8, 4) is 0 Å². The number of hydrogen-bond acceptors (Lipinski definition) is 3. The Hall–Kier alpha value is -1.42. The monoisotopic (exact) mass is 315 g/mol. The standard InChI is InChI=1S/C19H29N3O/c1-14-10-15(2)20-17(11-14)13-21(3)18-6-7-19(23)22(9-8-18)12-16-4-5-16/h10-11,16,18H,4-9,12-13H2,1-3H3. The molecule has 2 heterocycles. The number of aromatic nitrogens is 1. The first kappa shape index (κ1) is 16.4. The van der Waals surface area contributed by atoms with Crippen molar-refractivity contribution < 1.29 is 4.79 Å². The summed E-state index contributed by atoms with van der Waals surface area (Å²) in [6.07, 6.45) is 5.38. The average Bonchev–Trinajstić information content (AvgIpc) is 3.28. The predicted octanol–water partition coefficient (Wildman–Crippen LogP) is 2.92. The highest BCUT2D eigenvalue weighted by Gasteiger charge is 2.30. The fraction of sp³-hybridized carbons (Fsp3) is 0.684. The van der Waals surface area contributed by atoms with Gasteiger partial charge in [0.15, 0.2) is 0 Å². The number of rotatable bonds is 5. The van der Waals surface area contributed by atoms with Gasteiger partial charge in [0.25, 0.3) is 0 Å². The van der Waals surface area contributed by atoms with Gasteiger partial charge in [-0.25, -0.2) is 0 Å². The van der Waals surface area contributed by atoms with E-state index in [9.17, 15) is 4.79 Å². The number of pyridine rings is 1. The minimum absolute atomic E-state index is 0.359. The van der Waals surface area contributed by atoms with Crippen molar-refractivity contribution in [1.29, 1.82) is 0 Å². The van der Waals surface area contributed by atoms with Gasteiger partial charge in [0.1, 0.15) is 0 Å². The predicted molar refractivity (Wildman–Crippen MR) is 92.1 cm³/mol. The van der Waals surface area contributed by atoms with Crippen LogP contribution in [0.2, 0.25) is 0 Å². The maximum absolute atomic E-state index is 12.3. The molecule has 2 aliphatic rings. The lowest BCUT2D eigenvalue weighted by molar-refractivity contribution is -0.130. The molecular formula is C19H29N3O. The first-order valence-electron chi connectivity index (χ1n) is 8.93. The van der Waals surface area contributed by atoms with Crippen molar-refractivity contribution >= 4 is 5.91 Å². The van der Waals surface area contributed by atoms with Crippen molar-refractivity contribution in [2.24, 2.45) is 5.92 Å². The number of aryl methyl sites for hydroxylation is 2. The first-order chi connectivity index (χ1) is 11.0. The highest BCUT2D eigenvalue weighted by Crippen LogP contribution is 2.31. The molecule has 4 nitrogen and oxygen atoms in total. The molecule has 1 saturated carbocycles. The molecule has 0 aromatic carbocycles. The van der Waals surface area contributed by atoms with Gasteiger partial charge in [0.05, 0.1) is 5.69 Å². The van der Waals surface area contributed by atoms with Crippen LogP contribution in [0.3, 0.4) is 0 Å². The summed E-state index contributed by atoms with van der Waals surface area (Å²) in [7, 11) is 2.17. The zero-order chi connectivity index (χ0) is 16.4. The van der Waals surface area contributed by atoms with E-state index >= 15 is 0 Å². The van der Waals surface area contributed by atoms with E-state index < -0.39 is 0 Å². The maximum Gasteiger partial charge on any atom is 0.222 e. The summed E-state index contributed by atoms with van der Waals surface area (Å²) in [5, 5.41) is 0. The van der Waals surface area contributed by atoms with Gasteiger partial charge in [0.2, 0.25) is 5.91 Å². The first-order valence-corrected chi connectivity index (χ1v) is 8.93. The van der Waals surface area contributed by atoms with E-state index in [-0.39, 0.29) is 0 Å². The molecule has 1 unspecified atom stereocenters. The molecule has 0 bridgehead atoms. The normalized spacial score (nSPS) is 22.5. The molecule has 3 rings (SSSR count). The van der Waals surface area contributed by atoms with Crippen LogP contribution < -0.4 is 0 Å². The second kappa shape index (κ2) is 7.00. The number of amides is 1. The molecule has 4 heteroatoms. The molecule has 2 fully saturated rings. The Morgan fingerprint density at radius 2 is 2.00 bits per heavy atom. The zero-order valence-electron chi connectivity index (χ0n) is 14.7. The van der Waals surface area contributed by atoms with Gasteiger partial charge in [-0.3, -0.25) is 14.7 Å². The molecule has 0 radical (unpaired) electrons. The molecule has 23 heavy (non-hydrogen) atoms. The van der Waals surface area contributed by atoms with E-state index in [4.69, 9.17) is 0 Å². The van der Waals surface area contributed by atoms with Gasteiger partial charge in [-0.05, 0) is 70.2 Å². The van der Waals surface area contributed by atoms with Crippen LogP contribution in [0.15, 0.2) is 12.1 Å². The lowest BCUT2D eigenvalue weighted by atomic mass is 10.1. The summed E-state index contributed by atoms with van der Waals surface area (Å²) in [6, 6.07) is 4.76. The van der Waals surface area contributed by atoms with E-state index in [1.54, 1.807) is 0 Å². The molecular weight excluding hydrogens is 286 g/mol. The van der Waals surface area contributed by atoms with Gasteiger partial charge in [-0.15, -0.1) is 0 Å². The highest BCUT2D eigenvalue weighted by atomic mass is 16.2. The molecule has 1 amide bonds. The van der Waals surface area contributed by atoms with Crippen LogP contribution in [0.5, 0.6) is 0 Å². The third kappa shape index (κ3) is 4.54. The zero-order valence-corrected chi connectivity index (χ0v) is 14.7. The van der Waals surface area contributed by atoms with E-state index in [1.807, 2.05) is 0 Å². The molecule has 1 aromatic heterocycles. The molecule has 0 N–H and O–H groups in total. The van der Waals surface area contributed by atoms with Crippen molar-refractivity contribution in [3.05, 3.63) is 29.1 Å². The van der Waals surface area contributed by atoms with Crippen LogP contribution in [0.25, 0.3) is 0 Å². The number of carbonyl (C=O) groups is 1. The molecule has 1 aliphatic carbocycles. The minimum Gasteiger partial charge on any atom is -0.342 e. The smallest absolute Gasteiger partial charge is 0.222 e. The Balaban J connectivity index is 1.58. The molecule has 0 spiro atoms. The molecule has 1 aromatic rings. The van der Waals surface area contributed by atoms with Crippen LogP contribution in [0.4, 0.5) is 0 Å². The Morgan fingerprint density at radius 3 is 2.70 bits per heavy atom. The number of nitrogens with zero attached hydrogens (tertiary/aromatic N) is 3. The fourth-order valence-corrected chi connectivity index (χ4v) is 3.66. The number of hydrogen-bond donors (Lipinski definition) is 0. The Kier molecular flexibility index (Phi) is 5.00. The average molecular weight is 315 g/mol. The van der Waals surface area contributed by atoms with E-state index in [1.165, 1.54) is 18.4 Å². The van der Waals surface area contributed by atoms with E-state index in [0.29, 0.717) is 18.4 Å². The topological polar surface area (TPSA) is 36.4 Å². The molecule has 126 valence electrons. The van der Waals surface area contributed by atoms with Gasteiger partial charge in [-0.2, -0.15) is 0 Å². The van der Waals surface area contributed by atoms with E-state index in [0.717, 1.165) is 49.8 Å². The van der Waals surface area contributed by atoms with Crippen LogP contribution in [-0.2, 0) is 11.3 Å². The molecule has 1 saturated heterocycles. The maximum atomic E-state index is 12.3. The lowest BCUT2D eigenvalue weighted by Gasteiger charge is -2.27. The SMILES string of the molecule is Cc1cc(C)nc(CN(C)C2CCC(=O)N(CC3CC3)CC2)c1. The van der Waals surface area contributed by atoms with Crippen LogP contribution in [-0.4, -0.2) is 46.9 Å². The fourth-order valence-electron chi connectivity index (χ4n) is 3.66. The third-order valence-corrected chi connectivity index (χ3v) is 5.14. The number of carbonyl (C=O) groups excluding carboxylic acids is 1. The Morgan fingerprint density at radius 1 is 1.22 bits per heavy atom. The van der Waals surface area contributed by atoms with Crippen LogP contribution in [0, 0.1) is 19.8 Å². The molecule has 1 aliphatic heterocycles. The van der Waals surface area contributed by atoms with Gasteiger partial charge < -0.3 is 4.90 Å².